The van der Waals surface area contributed by atoms with Gasteiger partial charge in [0.25, 0.3) is 0 Å². The van der Waals surface area contributed by atoms with Crippen molar-refractivity contribution in [3.63, 3.8) is 0 Å². The molecule has 1 aliphatic heterocycles. The van der Waals surface area contributed by atoms with Crippen LogP contribution in [0.15, 0.2) is 0 Å². The molecule has 0 bridgehead atoms. The summed E-state index contributed by atoms with van der Waals surface area (Å²) in [5.41, 5.74) is 0. The zero-order valence-electron chi connectivity index (χ0n) is 13.5. The molecular weight excluding hydrogens is 270 g/mol. The first-order chi connectivity index (χ1) is 10.0. The van der Waals surface area contributed by atoms with Crippen LogP contribution in [0.1, 0.15) is 46.5 Å². The molecule has 1 saturated heterocycles. The number of hydrogen-bond acceptors (Lipinski definition) is 3. The molecule has 0 radical (unpaired) electrons. The lowest BCUT2D eigenvalue weighted by Crippen LogP contribution is -2.53. The first-order valence-corrected chi connectivity index (χ1v) is 8.00. The topological polar surface area (TPSA) is 72.9 Å². The molecule has 0 spiro atoms. The van der Waals surface area contributed by atoms with Crippen LogP contribution in [-0.4, -0.2) is 65.2 Å². The lowest BCUT2D eigenvalue weighted by atomic mass is 10.0. The SMILES string of the molecule is CCCN(C(=O)N(CC)C(C)CC(=O)O)C1CCNCC1. The lowest BCUT2D eigenvalue weighted by Gasteiger charge is -2.39. The fourth-order valence-electron chi connectivity index (χ4n) is 2.96. The molecule has 0 aromatic carbocycles. The van der Waals surface area contributed by atoms with Gasteiger partial charge in [0.15, 0.2) is 0 Å². The van der Waals surface area contributed by atoms with E-state index in [2.05, 4.69) is 12.2 Å². The van der Waals surface area contributed by atoms with Gasteiger partial charge in [0.2, 0.25) is 0 Å². The summed E-state index contributed by atoms with van der Waals surface area (Å²) in [6, 6.07) is -0.0224. The largest absolute Gasteiger partial charge is 0.481 e. The predicted octanol–water partition coefficient (Wildman–Crippen LogP) is 1.76. The molecule has 1 heterocycles. The number of piperidine rings is 1. The van der Waals surface area contributed by atoms with E-state index in [4.69, 9.17) is 5.11 Å². The Balaban J connectivity index is 2.78. The highest BCUT2D eigenvalue weighted by molar-refractivity contribution is 5.76. The van der Waals surface area contributed by atoms with Crippen molar-refractivity contribution in [3.05, 3.63) is 0 Å². The van der Waals surface area contributed by atoms with E-state index in [0.29, 0.717) is 6.54 Å². The van der Waals surface area contributed by atoms with Crippen LogP contribution in [0.3, 0.4) is 0 Å². The quantitative estimate of drug-likeness (QED) is 0.751. The van der Waals surface area contributed by atoms with Crippen molar-refractivity contribution in [3.8, 4) is 0 Å². The molecule has 21 heavy (non-hydrogen) atoms. The number of urea groups is 1. The fourth-order valence-corrected chi connectivity index (χ4v) is 2.96. The van der Waals surface area contributed by atoms with E-state index >= 15 is 0 Å². The summed E-state index contributed by atoms with van der Waals surface area (Å²) in [7, 11) is 0. The molecule has 0 aromatic rings. The molecule has 122 valence electrons. The number of carbonyl (C=O) groups excluding carboxylic acids is 1. The lowest BCUT2D eigenvalue weighted by molar-refractivity contribution is -0.138. The number of carboxylic acid groups (broad SMARTS) is 1. The molecule has 0 aliphatic carbocycles. The van der Waals surface area contributed by atoms with Crippen LogP contribution in [0.25, 0.3) is 0 Å². The summed E-state index contributed by atoms with van der Waals surface area (Å²) in [6.07, 6.45) is 2.85. The van der Waals surface area contributed by atoms with E-state index in [9.17, 15) is 9.59 Å². The second-order valence-corrected chi connectivity index (χ2v) is 5.69. The molecule has 1 atom stereocenters. The molecule has 1 aliphatic rings. The van der Waals surface area contributed by atoms with Gasteiger partial charge in [-0.3, -0.25) is 4.79 Å². The van der Waals surface area contributed by atoms with E-state index in [-0.39, 0.29) is 24.5 Å². The standard InChI is InChI=1S/C15H29N3O3/c1-4-10-18(13-6-8-16-9-7-13)15(21)17(5-2)12(3)11-14(19)20/h12-13,16H,4-11H2,1-3H3,(H,19,20). The first-order valence-electron chi connectivity index (χ1n) is 8.00. The summed E-state index contributed by atoms with van der Waals surface area (Å²) < 4.78 is 0. The van der Waals surface area contributed by atoms with Gasteiger partial charge in [0.1, 0.15) is 0 Å². The van der Waals surface area contributed by atoms with Crippen LogP contribution in [0, 0.1) is 0 Å². The number of carboxylic acids is 1. The maximum Gasteiger partial charge on any atom is 0.320 e. The monoisotopic (exact) mass is 299 g/mol. The van der Waals surface area contributed by atoms with E-state index in [1.54, 1.807) is 4.90 Å². The molecule has 0 aromatic heterocycles. The number of amides is 2. The molecule has 1 fully saturated rings. The van der Waals surface area contributed by atoms with Crippen LogP contribution in [0.2, 0.25) is 0 Å². The summed E-state index contributed by atoms with van der Waals surface area (Å²) in [6.45, 7) is 8.94. The van der Waals surface area contributed by atoms with Gasteiger partial charge >= 0.3 is 12.0 Å². The van der Waals surface area contributed by atoms with Crippen LogP contribution in [-0.2, 0) is 4.79 Å². The Morgan fingerprint density at radius 3 is 2.38 bits per heavy atom. The number of nitrogens with zero attached hydrogens (tertiary/aromatic N) is 2. The third-order valence-corrected chi connectivity index (χ3v) is 4.05. The van der Waals surface area contributed by atoms with Crippen molar-refractivity contribution in [2.45, 2.75) is 58.5 Å². The van der Waals surface area contributed by atoms with E-state index in [1.165, 1.54) is 0 Å². The normalized spacial score (nSPS) is 17.3. The van der Waals surface area contributed by atoms with Gasteiger partial charge in [0.05, 0.1) is 6.42 Å². The second-order valence-electron chi connectivity index (χ2n) is 5.69. The molecular formula is C15H29N3O3. The molecule has 6 nitrogen and oxygen atoms in total. The minimum atomic E-state index is -0.863. The van der Waals surface area contributed by atoms with Gasteiger partial charge in [-0.2, -0.15) is 0 Å². The van der Waals surface area contributed by atoms with E-state index in [1.807, 2.05) is 18.7 Å². The average molecular weight is 299 g/mol. The Hall–Kier alpha value is -1.30. The minimum absolute atomic E-state index is 0.00817. The summed E-state index contributed by atoms with van der Waals surface area (Å²) in [5, 5.41) is 12.3. The molecule has 1 rings (SSSR count). The maximum absolute atomic E-state index is 12.8. The predicted molar refractivity (Wildman–Crippen MR) is 82.4 cm³/mol. The third-order valence-electron chi connectivity index (χ3n) is 4.05. The second kappa shape index (κ2) is 8.87. The van der Waals surface area contributed by atoms with Crippen LogP contribution >= 0.6 is 0 Å². The number of rotatable bonds is 7. The number of nitrogens with one attached hydrogen (secondary N) is 1. The van der Waals surface area contributed by atoms with Crippen LogP contribution in [0.4, 0.5) is 4.79 Å². The first kappa shape index (κ1) is 17.8. The maximum atomic E-state index is 12.8. The molecule has 1 unspecified atom stereocenters. The zero-order chi connectivity index (χ0) is 15.8. The fraction of sp³-hybridized carbons (Fsp3) is 0.867. The highest BCUT2D eigenvalue weighted by Gasteiger charge is 2.30. The zero-order valence-corrected chi connectivity index (χ0v) is 13.5. The van der Waals surface area contributed by atoms with Crippen molar-refractivity contribution in [1.29, 1.82) is 0 Å². The van der Waals surface area contributed by atoms with Gasteiger partial charge < -0.3 is 20.2 Å². The van der Waals surface area contributed by atoms with E-state index in [0.717, 1.165) is 38.9 Å². The van der Waals surface area contributed by atoms with Gasteiger partial charge in [-0.15, -0.1) is 0 Å². The van der Waals surface area contributed by atoms with Crippen LogP contribution < -0.4 is 5.32 Å². The van der Waals surface area contributed by atoms with Gasteiger partial charge in [-0.1, -0.05) is 6.92 Å². The summed E-state index contributed by atoms with van der Waals surface area (Å²) in [4.78, 5) is 27.3. The van der Waals surface area contributed by atoms with E-state index < -0.39 is 5.97 Å². The Labute approximate surface area is 127 Å². The Morgan fingerprint density at radius 2 is 1.90 bits per heavy atom. The summed E-state index contributed by atoms with van der Waals surface area (Å²) in [5.74, 6) is -0.863. The Bertz CT molecular complexity index is 343. The molecule has 6 heteroatoms. The molecule has 2 N–H and O–H groups in total. The average Bonchev–Trinajstić information content (AvgIpc) is 2.45. The van der Waals surface area contributed by atoms with Crippen molar-refractivity contribution >= 4 is 12.0 Å². The Kier molecular flexibility index (Phi) is 7.50. The Morgan fingerprint density at radius 1 is 1.29 bits per heavy atom. The number of aliphatic carboxylic acids is 1. The third kappa shape index (κ3) is 5.19. The van der Waals surface area contributed by atoms with Gasteiger partial charge in [0, 0.05) is 25.2 Å². The van der Waals surface area contributed by atoms with Gasteiger partial charge in [-0.25, -0.2) is 4.79 Å². The molecule has 0 saturated carbocycles. The molecule has 2 amide bonds. The van der Waals surface area contributed by atoms with Gasteiger partial charge in [-0.05, 0) is 46.2 Å². The van der Waals surface area contributed by atoms with Crippen molar-refractivity contribution in [1.82, 2.24) is 15.1 Å². The minimum Gasteiger partial charge on any atom is -0.481 e. The smallest absolute Gasteiger partial charge is 0.320 e. The van der Waals surface area contributed by atoms with Crippen molar-refractivity contribution < 1.29 is 14.7 Å². The number of hydrogen-bond donors (Lipinski definition) is 2. The van der Waals surface area contributed by atoms with Crippen molar-refractivity contribution in [2.75, 3.05) is 26.2 Å². The highest BCUT2D eigenvalue weighted by atomic mass is 16.4. The summed E-state index contributed by atoms with van der Waals surface area (Å²) >= 11 is 0. The highest BCUT2D eigenvalue weighted by Crippen LogP contribution is 2.17. The van der Waals surface area contributed by atoms with Crippen LogP contribution in [0.5, 0.6) is 0 Å². The van der Waals surface area contributed by atoms with Crippen molar-refractivity contribution in [2.24, 2.45) is 0 Å². The number of carbonyl (C=O) groups is 2.